The number of hydrogen-bond acceptors (Lipinski definition) is 6. The third-order valence-electron chi connectivity index (χ3n) is 5.09. The van der Waals surface area contributed by atoms with Gasteiger partial charge in [-0.1, -0.05) is 12.0 Å². The average Bonchev–Trinajstić information content (AvgIpc) is 3.26. The molecule has 0 amide bonds. The Kier molecular flexibility index (Phi) is 3.36. The first-order valence-electron chi connectivity index (χ1n) is 8.59. The van der Waals surface area contributed by atoms with Crippen LogP contribution in [0.25, 0.3) is 21.7 Å². The number of thiophene rings is 1. The summed E-state index contributed by atoms with van der Waals surface area (Å²) in [6.07, 6.45) is 3.05. The van der Waals surface area contributed by atoms with Crippen LogP contribution in [0.3, 0.4) is 0 Å². The fraction of sp³-hybridized carbons (Fsp3) is 0.333. The van der Waals surface area contributed by atoms with Crippen LogP contribution in [0, 0.1) is 5.92 Å². The van der Waals surface area contributed by atoms with Gasteiger partial charge in [0, 0.05) is 4.88 Å². The Hall–Kier alpha value is -2.74. The van der Waals surface area contributed by atoms with Crippen LogP contribution >= 0.6 is 11.3 Å². The van der Waals surface area contributed by atoms with Crippen LogP contribution in [-0.2, 0) is 12.8 Å². The highest BCUT2D eigenvalue weighted by Crippen LogP contribution is 2.36. The minimum atomic E-state index is -0.0560. The van der Waals surface area contributed by atoms with E-state index < -0.39 is 0 Å². The smallest absolute Gasteiger partial charge is 0.268 e. The number of tetrazole rings is 1. The molecule has 8 heteroatoms. The third kappa shape index (κ3) is 2.11. The summed E-state index contributed by atoms with van der Waals surface area (Å²) in [5, 5.41) is 12.8. The molecule has 0 bridgehead atoms. The monoisotopic (exact) mass is 367 g/mol. The zero-order valence-corrected chi connectivity index (χ0v) is 15.3. The third-order valence-corrected chi connectivity index (χ3v) is 6.32. The molecule has 0 aliphatic heterocycles. The van der Waals surface area contributed by atoms with Crippen molar-refractivity contribution in [2.45, 2.75) is 26.2 Å². The van der Waals surface area contributed by atoms with Crippen molar-refractivity contribution in [3.8, 4) is 11.4 Å². The summed E-state index contributed by atoms with van der Waals surface area (Å²) in [4.78, 5) is 15.6. The zero-order valence-electron chi connectivity index (χ0n) is 14.5. The van der Waals surface area contributed by atoms with Crippen molar-refractivity contribution >= 4 is 27.3 Å². The molecule has 0 spiro atoms. The van der Waals surface area contributed by atoms with E-state index in [9.17, 15) is 4.79 Å². The minimum absolute atomic E-state index is 0.0560. The Morgan fingerprint density at radius 2 is 2.08 bits per heavy atom. The van der Waals surface area contributed by atoms with E-state index in [1.165, 1.54) is 10.4 Å². The number of aryl methyl sites for hydroxylation is 1. The van der Waals surface area contributed by atoms with Gasteiger partial charge in [0.15, 0.2) is 0 Å². The van der Waals surface area contributed by atoms with E-state index in [1.54, 1.807) is 27.5 Å². The molecule has 1 aliphatic rings. The van der Waals surface area contributed by atoms with E-state index in [-0.39, 0.29) is 5.56 Å². The maximum atomic E-state index is 13.4. The van der Waals surface area contributed by atoms with Gasteiger partial charge in [-0.05, 0) is 65.4 Å². The topological polar surface area (TPSA) is 74.3 Å². The predicted octanol–water partition coefficient (Wildman–Crippen LogP) is 2.62. The lowest BCUT2D eigenvalue weighted by Gasteiger charge is -2.17. The molecule has 4 aromatic rings. The van der Waals surface area contributed by atoms with Gasteiger partial charge in [-0.2, -0.15) is 4.52 Å². The van der Waals surface area contributed by atoms with Crippen molar-refractivity contribution in [2.75, 3.05) is 7.11 Å². The molecule has 1 atom stereocenters. The normalized spacial score (nSPS) is 16.9. The second-order valence-electron chi connectivity index (χ2n) is 6.76. The van der Waals surface area contributed by atoms with Crippen LogP contribution in [0.1, 0.15) is 23.8 Å². The highest BCUT2D eigenvalue weighted by atomic mass is 32.1. The molecule has 1 aliphatic carbocycles. The van der Waals surface area contributed by atoms with Gasteiger partial charge in [0.05, 0.1) is 18.2 Å². The average molecular weight is 367 g/mol. The summed E-state index contributed by atoms with van der Waals surface area (Å²) >= 11 is 1.65. The maximum absolute atomic E-state index is 13.4. The van der Waals surface area contributed by atoms with Crippen LogP contribution in [0.2, 0.25) is 0 Å². The summed E-state index contributed by atoms with van der Waals surface area (Å²) in [7, 11) is 1.62. The molecule has 26 heavy (non-hydrogen) atoms. The molecule has 0 saturated heterocycles. The lowest BCUT2D eigenvalue weighted by molar-refractivity contribution is 0.414. The van der Waals surface area contributed by atoms with Crippen LogP contribution < -0.4 is 10.3 Å². The van der Waals surface area contributed by atoms with Crippen molar-refractivity contribution in [1.82, 2.24) is 24.6 Å². The number of aromatic nitrogens is 5. The first-order valence-corrected chi connectivity index (χ1v) is 9.41. The molecule has 7 nitrogen and oxygen atoms in total. The van der Waals surface area contributed by atoms with Crippen molar-refractivity contribution in [2.24, 2.45) is 5.92 Å². The number of methoxy groups -OCH3 is 1. The van der Waals surface area contributed by atoms with Crippen molar-refractivity contribution in [3.05, 3.63) is 45.1 Å². The summed E-state index contributed by atoms with van der Waals surface area (Å²) in [5.74, 6) is 1.81. The quantitative estimate of drug-likeness (QED) is 0.544. The van der Waals surface area contributed by atoms with Gasteiger partial charge in [-0.3, -0.25) is 4.79 Å². The summed E-state index contributed by atoms with van der Waals surface area (Å²) in [5.41, 5.74) is 1.84. The van der Waals surface area contributed by atoms with Gasteiger partial charge in [0.2, 0.25) is 0 Å². The van der Waals surface area contributed by atoms with Gasteiger partial charge in [0.25, 0.3) is 11.3 Å². The van der Waals surface area contributed by atoms with Gasteiger partial charge in [-0.25, -0.2) is 4.57 Å². The number of benzene rings is 1. The summed E-state index contributed by atoms with van der Waals surface area (Å²) < 4.78 is 8.50. The molecular weight excluding hydrogens is 350 g/mol. The fourth-order valence-electron chi connectivity index (χ4n) is 3.73. The van der Waals surface area contributed by atoms with Gasteiger partial charge in [-0.15, -0.1) is 11.3 Å². The zero-order chi connectivity index (χ0) is 17.8. The molecular formula is C18H17N5O2S. The molecule has 0 fully saturated rings. The lowest BCUT2D eigenvalue weighted by atomic mass is 9.89. The van der Waals surface area contributed by atoms with E-state index in [0.29, 0.717) is 11.7 Å². The SMILES string of the molecule is COc1ccc(-n2c(=O)c3c4c(sc3n3nnnc23)CC(C)CC4)cc1. The van der Waals surface area contributed by atoms with E-state index >= 15 is 0 Å². The molecule has 0 saturated carbocycles. The van der Waals surface area contributed by atoms with E-state index in [2.05, 4.69) is 22.4 Å². The Morgan fingerprint density at radius 3 is 2.85 bits per heavy atom. The summed E-state index contributed by atoms with van der Waals surface area (Å²) in [6.45, 7) is 2.26. The number of fused-ring (bicyclic) bond motifs is 5. The fourth-order valence-corrected chi connectivity index (χ4v) is 5.17. The standard InChI is InChI=1S/C18H17N5O2S/c1-10-3-8-13-14(9-10)26-17-15(13)16(24)22(18-19-20-21-23(17)18)11-4-6-12(25-2)7-5-11/h4-7,10H,3,8-9H2,1-2H3. The second kappa shape index (κ2) is 5.63. The first kappa shape index (κ1) is 15.5. The number of nitrogens with zero attached hydrogens (tertiary/aromatic N) is 5. The molecule has 3 aromatic heterocycles. The largest absolute Gasteiger partial charge is 0.497 e. The molecule has 0 radical (unpaired) electrons. The van der Waals surface area contributed by atoms with Crippen molar-refractivity contribution in [3.63, 3.8) is 0 Å². The molecule has 1 unspecified atom stereocenters. The Labute approximate surface area is 152 Å². The number of hydrogen-bond donors (Lipinski definition) is 0. The summed E-state index contributed by atoms with van der Waals surface area (Å²) in [6, 6.07) is 7.36. The Balaban J connectivity index is 1.86. The van der Waals surface area contributed by atoms with Gasteiger partial charge < -0.3 is 4.74 Å². The van der Waals surface area contributed by atoms with Crippen LogP contribution in [0.4, 0.5) is 0 Å². The molecule has 1 aromatic carbocycles. The number of ether oxygens (including phenoxy) is 1. The highest BCUT2D eigenvalue weighted by molar-refractivity contribution is 7.18. The van der Waals surface area contributed by atoms with Gasteiger partial charge >= 0.3 is 0 Å². The molecule has 5 rings (SSSR count). The lowest BCUT2D eigenvalue weighted by Crippen LogP contribution is -2.22. The van der Waals surface area contributed by atoms with E-state index in [0.717, 1.165) is 40.9 Å². The van der Waals surface area contributed by atoms with Crippen molar-refractivity contribution in [1.29, 1.82) is 0 Å². The predicted molar refractivity (Wildman–Crippen MR) is 99.5 cm³/mol. The minimum Gasteiger partial charge on any atom is -0.497 e. The Bertz CT molecular complexity index is 1190. The molecule has 3 heterocycles. The molecule has 132 valence electrons. The number of rotatable bonds is 2. The first-order chi connectivity index (χ1) is 12.7. The van der Waals surface area contributed by atoms with Crippen LogP contribution in [0.15, 0.2) is 29.1 Å². The Morgan fingerprint density at radius 1 is 1.27 bits per heavy atom. The van der Waals surface area contributed by atoms with Crippen molar-refractivity contribution < 1.29 is 4.74 Å². The second-order valence-corrected chi connectivity index (χ2v) is 7.84. The van der Waals surface area contributed by atoms with E-state index in [4.69, 9.17) is 4.74 Å². The highest BCUT2D eigenvalue weighted by Gasteiger charge is 2.26. The van der Waals surface area contributed by atoms with Crippen LogP contribution in [-0.4, -0.2) is 31.7 Å². The van der Waals surface area contributed by atoms with Gasteiger partial charge in [0.1, 0.15) is 10.6 Å². The van der Waals surface area contributed by atoms with E-state index in [1.807, 2.05) is 24.3 Å². The van der Waals surface area contributed by atoms with Crippen LogP contribution in [0.5, 0.6) is 5.75 Å². The molecule has 0 N–H and O–H groups in total. The maximum Gasteiger partial charge on any atom is 0.268 e.